The first-order valence-corrected chi connectivity index (χ1v) is 8.76. The van der Waals surface area contributed by atoms with Gasteiger partial charge in [-0.3, -0.25) is 14.8 Å². The molecule has 5 rings (SSSR count). The summed E-state index contributed by atoms with van der Waals surface area (Å²) < 4.78 is 1.78. The number of fused-ring (bicyclic) bond motifs is 2. The van der Waals surface area contributed by atoms with E-state index in [1.807, 2.05) is 42.5 Å². The minimum Gasteiger partial charge on any atom is -0.296 e. The second-order valence-corrected chi connectivity index (χ2v) is 6.41. The van der Waals surface area contributed by atoms with Crippen LogP contribution in [0.3, 0.4) is 0 Å². The fourth-order valence-corrected chi connectivity index (χ4v) is 3.14. The van der Waals surface area contributed by atoms with Crippen molar-refractivity contribution >= 4 is 28.4 Å². The van der Waals surface area contributed by atoms with Gasteiger partial charge in [-0.25, -0.2) is 9.67 Å². The topological polar surface area (TPSA) is 86.5 Å². The molecule has 0 aliphatic heterocycles. The number of hydrogen-bond acceptors (Lipinski definition) is 6. The molecule has 0 fully saturated rings. The first-order valence-electron chi connectivity index (χ1n) is 8.76. The highest BCUT2D eigenvalue weighted by atomic mass is 16.1. The zero-order valence-corrected chi connectivity index (χ0v) is 14.7. The third-order valence-electron chi connectivity index (χ3n) is 4.56. The Labute approximate surface area is 159 Å². The molecule has 0 amide bonds. The van der Waals surface area contributed by atoms with Crippen molar-refractivity contribution in [1.29, 1.82) is 0 Å². The van der Waals surface area contributed by atoms with E-state index in [4.69, 9.17) is 4.98 Å². The van der Waals surface area contributed by atoms with Crippen LogP contribution in [0.2, 0.25) is 0 Å². The number of pyridine rings is 3. The maximum atomic E-state index is 10.8. The first kappa shape index (κ1) is 16.2. The van der Waals surface area contributed by atoms with Crippen LogP contribution in [0.1, 0.15) is 16.1 Å². The van der Waals surface area contributed by atoms with Crippen LogP contribution in [0.25, 0.3) is 33.3 Å². The highest BCUT2D eigenvalue weighted by molar-refractivity contribution is 5.79. The third-order valence-corrected chi connectivity index (χ3v) is 4.56. The first-order chi connectivity index (χ1) is 13.8. The third kappa shape index (κ3) is 2.88. The number of rotatable bonds is 4. The molecule has 0 bridgehead atoms. The van der Waals surface area contributed by atoms with Crippen molar-refractivity contribution in [2.45, 2.75) is 6.54 Å². The highest BCUT2D eigenvalue weighted by Crippen LogP contribution is 2.20. The molecule has 0 unspecified atom stereocenters. The number of carbonyl (C=O) groups is 1. The Morgan fingerprint density at radius 2 is 1.89 bits per heavy atom. The standard InChI is InChI=1S/C21H14N6O/c28-13-17-5-4-16(11-23-17)19-7-8-20-21(24-19)27(26-25-20)12-14-3-6-18-15(10-14)2-1-9-22-18/h1-11,13H,12H2. The molecule has 0 aliphatic rings. The summed E-state index contributed by atoms with van der Waals surface area (Å²) in [5.41, 5.74) is 5.45. The van der Waals surface area contributed by atoms with E-state index in [9.17, 15) is 4.79 Å². The van der Waals surface area contributed by atoms with Crippen molar-refractivity contribution in [1.82, 2.24) is 29.9 Å². The van der Waals surface area contributed by atoms with Crippen LogP contribution >= 0.6 is 0 Å². The predicted octanol–water partition coefficient (Wildman–Crippen LogP) is 3.30. The van der Waals surface area contributed by atoms with Crippen molar-refractivity contribution in [3.05, 3.63) is 78.2 Å². The summed E-state index contributed by atoms with van der Waals surface area (Å²) in [6, 6.07) is 17.4. The molecule has 4 heterocycles. The molecule has 7 nitrogen and oxygen atoms in total. The highest BCUT2D eigenvalue weighted by Gasteiger charge is 2.10. The van der Waals surface area contributed by atoms with Gasteiger partial charge in [0, 0.05) is 23.3 Å². The quantitative estimate of drug-likeness (QED) is 0.454. The number of carbonyl (C=O) groups excluding carboxylic acids is 1. The summed E-state index contributed by atoms with van der Waals surface area (Å²) in [6.45, 7) is 0.556. The van der Waals surface area contributed by atoms with Crippen LogP contribution in [0.5, 0.6) is 0 Å². The van der Waals surface area contributed by atoms with Crippen molar-refractivity contribution in [3.63, 3.8) is 0 Å². The summed E-state index contributed by atoms with van der Waals surface area (Å²) in [5.74, 6) is 0. The molecule has 5 aromatic rings. The van der Waals surface area contributed by atoms with Crippen molar-refractivity contribution in [2.75, 3.05) is 0 Å². The fourth-order valence-electron chi connectivity index (χ4n) is 3.14. The Balaban J connectivity index is 1.52. The molecule has 0 spiro atoms. The second kappa shape index (κ2) is 6.62. The number of aldehydes is 1. The van der Waals surface area contributed by atoms with E-state index in [0.717, 1.165) is 39.5 Å². The Morgan fingerprint density at radius 3 is 2.75 bits per heavy atom. The van der Waals surface area contributed by atoms with Gasteiger partial charge in [-0.15, -0.1) is 5.10 Å². The van der Waals surface area contributed by atoms with Crippen molar-refractivity contribution in [3.8, 4) is 11.3 Å². The maximum Gasteiger partial charge on any atom is 0.179 e. The van der Waals surface area contributed by atoms with Gasteiger partial charge in [-0.05, 0) is 48.0 Å². The minimum absolute atomic E-state index is 0.391. The Bertz CT molecular complexity index is 1310. The van der Waals surface area contributed by atoms with Gasteiger partial charge < -0.3 is 0 Å². The zero-order valence-electron chi connectivity index (χ0n) is 14.7. The van der Waals surface area contributed by atoms with E-state index in [0.29, 0.717) is 17.9 Å². The molecule has 28 heavy (non-hydrogen) atoms. The molecular weight excluding hydrogens is 352 g/mol. The number of nitrogens with zero attached hydrogens (tertiary/aromatic N) is 6. The van der Waals surface area contributed by atoms with E-state index in [1.54, 1.807) is 23.1 Å². The minimum atomic E-state index is 0.391. The van der Waals surface area contributed by atoms with Gasteiger partial charge in [-0.2, -0.15) is 0 Å². The van der Waals surface area contributed by atoms with Gasteiger partial charge in [0.1, 0.15) is 11.2 Å². The van der Waals surface area contributed by atoms with E-state index in [1.165, 1.54) is 0 Å². The number of aromatic nitrogens is 6. The SMILES string of the molecule is O=Cc1ccc(-c2ccc3nnn(Cc4ccc5ncccc5c4)c3n2)cn1. The van der Waals surface area contributed by atoms with E-state index < -0.39 is 0 Å². The molecule has 7 heteroatoms. The summed E-state index contributed by atoms with van der Waals surface area (Å²) in [7, 11) is 0. The lowest BCUT2D eigenvalue weighted by atomic mass is 10.1. The number of benzene rings is 1. The molecule has 0 atom stereocenters. The van der Waals surface area contributed by atoms with Crippen LogP contribution in [-0.4, -0.2) is 36.2 Å². The monoisotopic (exact) mass is 366 g/mol. The molecule has 0 saturated heterocycles. The lowest BCUT2D eigenvalue weighted by Crippen LogP contribution is -2.03. The second-order valence-electron chi connectivity index (χ2n) is 6.41. The molecular formula is C21H14N6O. The van der Waals surface area contributed by atoms with Crippen LogP contribution in [0.4, 0.5) is 0 Å². The van der Waals surface area contributed by atoms with E-state index >= 15 is 0 Å². The summed E-state index contributed by atoms with van der Waals surface area (Å²) in [6.07, 6.45) is 4.15. The van der Waals surface area contributed by atoms with Gasteiger partial charge in [0.15, 0.2) is 11.9 Å². The Hall–Kier alpha value is -4.00. The van der Waals surface area contributed by atoms with Gasteiger partial charge in [0.25, 0.3) is 0 Å². The van der Waals surface area contributed by atoms with Gasteiger partial charge >= 0.3 is 0 Å². The normalized spacial score (nSPS) is 11.1. The Kier molecular flexibility index (Phi) is 3.83. The smallest absolute Gasteiger partial charge is 0.179 e. The summed E-state index contributed by atoms with van der Waals surface area (Å²) >= 11 is 0. The average molecular weight is 366 g/mol. The van der Waals surface area contributed by atoms with Crippen LogP contribution in [0, 0.1) is 0 Å². The van der Waals surface area contributed by atoms with Crippen LogP contribution in [-0.2, 0) is 6.54 Å². The summed E-state index contributed by atoms with van der Waals surface area (Å²) in [5, 5.41) is 9.56. The van der Waals surface area contributed by atoms with Crippen molar-refractivity contribution < 1.29 is 4.79 Å². The molecule has 0 N–H and O–H groups in total. The van der Waals surface area contributed by atoms with Crippen LogP contribution in [0.15, 0.2) is 67.0 Å². The maximum absolute atomic E-state index is 10.8. The lowest BCUT2D eigenvalue weighted by molar-refractivity contribution is 0.111. The zero-order chi connectivity index (χ0) is 18.9. The van der Waals surface area contributed by atoms with Gasteiger partial charge in [0.05, 0.1) is 17.8 Å². The van der Waals surface area contributed by atoms with Crippen LogP contribution < -0.4 is 0 Å². The average Bonchev–Trinajstić information content (AvgIpc) is 3.16. The number of hydrogen-bond donors (Lipinski definition) is 0. The van der Waals surface area contributed by atoms with Gasteiger partial charge in [0.2, 0.25) is 0 Å². The molecule has 134 valence electrons. The largest absolute Gasteiger partial charge is 0.296 e. The molecule has 0 saturated carbocycles. The molecule has 4 aromatic heterocycles. The lowest BCUT2D eigenvalue weighted by Gasteiger charge is -2.05. The summed E-state index contributed by atoms with van der Waals surface area (Å²) in [4.78, 5) is 24.0. The van der Waals surface area contributed by atoms with Gasteiger partial charge in [-0.1, -0.05) is 17.3 Å². The molecule has 1 aromatic carbocycles. The van der Waals surface area contributed by atoms with E-state index in [2.05, 4.69) is 26.3 Å². The van der Waals surface area contributed by atoms with E-state index in [-0.39, 0.29) is 0 Å². The molecule has 0 radical (unpaired) electrons. The predicted molar refractivity (Wildman–Crippen MR) is 105 cm³/mol. The molecule has 0 aliphatic carbocycles. The Morgan fingerprint density at radius 1 is 0.964 bits per heavy atom. The van der Waals surface area contributed by atoms with Crippen molar-refractivity contribution in [2.24, 2.45) is 0 Å². The fraction of sp³-hybridized carbons (Fsp3) is 0.0476.